The maximum absolute atomic E-state index is 12.2. The van der Waals surface area contributed by atoms with Gasteiger partial charge in [0.2, 0.25) is 5.91 Å². The number of nitrogens with one attached hydrogen (secondary N) is 2. The van der Waals surface area contributed by atoms with Gasteiger partial charge in [0.05, 0.1) is 17.0 Å². The molecule has 2 aliphatic rings. The fourth-order valence-electron chi connectivity index (χ4n) is 3.83. The normalized spacial score (nSPS) is 22.2. The number of halogens is 1. The van der Waals surface area contributed by atoms with Gasteiger partial charge in [-0.15, -0.1) is 24.0 Å². The van der Waals surface area contributed by atoms with Crippen LogP contribution in [0.25, 0.3) is 0 Å². The highest BCUT2D eigenvalue weighted by atomic mass is 127. The van der Waals surface area contributed by atoms with Crippen molar-refractivity contribution in [1.29, 1.82) is 0 Å². The summed E-state index contributed by atoms with van der Waals surface area (Å²) in [7, 11) is -3.07. The summed E-state index contributed by atoms with van der Waals surface area (Å²) < 4.78 is 23.6. The molecule has 1 heterocycles. The van der Waals surface area contributed by atoms with Crippen molar-refractivity contribution in [1.82, 2.24) is 15.5 Å². The molecule has 9 heteroatoms. The van der Waals surface area contributed by atoms with Gasteiger partial charge < -0.3 is 15.5 Å². The van der Waals surface area contributed by atoms with E-state index >= 15 is 0 Å². The monoisotopic (exact) mass is 528 g/mol. The second kappa shape index (κ2) is 11.6. The summed E-state index contributed by atoms with van der Waals surface area (Å²) >= 11 is 0. The zero-order valence-corrected chi connectivity index (χ0v) is 20.6. The Bertz CT molecular complexity index is 631. The van der Waals surface area contributed by atoms with Gasteiger partial charge in [-0.05, 0) is 39.5 Å². The van der Waals surface area contributed by atoms with Crippen molar-refractivity contribution in [3.63, 3.8) is 0 Å². The molecule has 0 spiro atoms. The van der Waals surface area contributed by atoms with Crippen LogP contribution in [0, 0.1) is 5.92 Å². The Balaban J connectivity index is 0.00000392. The van der Waals surface area contributed by atoms with Crippen LogP contribution < -0.4 is 10.6 Å². The summed E-state index contributed by atoms with van der Waals surface area (Å²) in [6.45, 7) is 8.12. The number of sulfone groups is 1. The van der Waals surface area contributed by atoms with Crippen molar-refractivity contribution < 1.29 is 13.2 Å². The third-order valence-corrected chi connectivity index (χ3v) is 8.11. The van der Waals surface area contributed by atoms with E-state index in [0.29, 0.717) is 38.5 Å². The first-order valence-corrected chi connectivity index (χ1v) is 11.9. The third-order valence-electron chi connectivity index (χ3n) is 5.57. The molecule has 1 aliphatic heterocycles. The molecule has 0 aromatic heterocycles. The van der Waals surface area contributed by atoms with E-state index < -0.39 is 14.6 Å². The van der Waals surface area contributed by atoms with Crippen LogP contribution >= 0.6 is 24.0 Å². The topological polar surface area (TPSA) is 90.9 Å². The smallest absolute Gasteiger partial charge is 0.220 e. The highest BCUT2D eigenvalue weighted by Crippen LogP contribution is 2.26. The van der Waals surface area contributed by atoms with Gasteiger partial charge in [0.25, 0.3) is 0 Å². The van der Waals surface area contributed by atoms with Crippen LogP contribution in [-0.4, -0.2) is 68.4 Å². The lowest BCUT2D eigenvalue weighted by molar-refractivity contribution is -0.122. The fraction of sp³-hybridized carbons (Fsp3) is 0.895. The molecule has 0 bridgehead atoms. The Morgan fingerprint density at radius 1 is 1.18 bits per heavy atom. The van der Waals surface area contributed by atoms with Crippen molar-refractivity contribution in [2.45, 2.75) is 64.0 Å². The van der Waals surface area contributed by atoms with E-state index in [-0.39, 0.29) is 35.6 Å². The molecule has 0 atom stereocenters. The molecule has 7 nitrogen and oxygen atoms in total. The molecule has 1 aliphatic carbocycles. The minimum atomic E-state index is -3.07. The minimum absolute atomic E-state index is 0. The van der Waals surface area contributed by atoms with Gasteiger partial charge in [-0.2, -0.15) is 0 Å². The van der Waals surface area contributed by atoms with Gasteiger partial charge >= 0.3 is 0 Å². The molecule has 0 unspecified atom stereocenters. The number of guanidine groups is 1. The van der Waals surface area contributed by atoms with E-state index in [1.54, 1.807) is 13.8 Å². The number of amides is 1. The minimum Gasteiger partial charge on any atom is -0.357 e. The van der Waals surface area contributed by atoms with Crippen molar-refractivity contribution in [3.05, 3.63) is 0 Å². The molecule has 0 aromatic rings. The highest BCUT2D eigenvalue weighted by Gasteiger charge is 2.40. The number of hydrogen-bond acceptors (Lipinski definition) is 4. The number of carbonyl (C=O) groups is 1. The largest absolute Gasteiger partial charge is 0.357 e. The Labute approximate surface area is 187 Å². The van der Waals surface area contributed by atoms with E-state index in [9.17, 15) is 13.2 Å². The lowest BCUT2D eigenvalue weighted by atomic mass is 9.87. The third kappa shape index (κ3) is 7.35. The van der Waals surface area contributed by atoms with E-state index in [2.05, 4.69) is 15.6 Å². The van der Waals surface area contributed by atoms with Crippen molar-refractivity contribution in [2.75, 3.05) is 38.5 Å². The standard InChI is InChI=1S/C19H36N4O3S.HI/c1-4-20-18(23-12-13-27(25,26)19(2,3)15-23)22-11-10-21-17(24)14-16-8-6-5-7-9-16;/h16H,4-15H2,1-3H3,(H,20,22)(H,21,24);1H. The van der Waals surface area contributed by atoms with E-state index in [0.717, 1.165) is 12.5 Å². The molecule has 1 saturated heterocycles. The fourth-order valence-corrected chi connectivity index (χ4v) is 5.20. The molecular formula is C19H37IN4O3S. The van der Waals surface area contributed by atoms with Crippen molar-refractivity contribution in [3.8, 4) is 0 Å². The Morgan fingerprint density at radius 3 is 2.46 bits per heavy atom. The summed E-state index contributed by atoms with van der Waals surface area (Å²) in [4.78, 5) is 18.7. The molecular weight excluding hydrogens is 491 g/mol. The highest BCUT2D eigenvalue weighted by molar-refractivity contribution is 14.0. The van der Waals surface area contributed by atoms with Gasteiger partial charge in [0, 0.05) is 32.6 Å². The van der Waals surface area contributed by atoms with Crippen LogP contribution in [0.4, 0.5) is 0 Å². The Hall–Kier alpha value is -0.580. The van der Waals surface area contributed by atoms with Gasteiger partial charge in [-0.1, -0.05) is 19.3 Å². The first kappa shape index (κ1) is 25.5. The molecule has 0 radical (unpaired) electrons. The lowest BCUT2D eigenvalue weighted by Crippen LogP contribution is -2.57. The van der Waals surface area contributed by atoms with Crippen LogP contribution in [0.2, 0.25) is 0 Å². The predicted molar refractivity (Wildman–Crippen MR) is 125 cm³/mol. The average molecular weight is 529 g/mol. The molecule has 2 fully saturated rings. The summed E-state index contributed by atoms with van der Waals surface area (Å²) in [5.41, 5.74) is 0. The van der Waals surface area contributed by atoms with Crippen LogP contribution in [-0.2, 0) is 14.6 Å². The van der Waals surface area contributed by atoms with Crippen LogP contribution in [0.3, 0.4) is 0 Å². The first-order valence-electron chi connectivity index (χ1n) is 10.3. The molecule has 1 saturated carbocycles. The van der Waals surface area contributed by atoms with Crippen molar-refractivity contribution in [2.24, 2.45) is 10.9 Å². The lowest BCUT2D eigenvalue weighted by Gasteiger charge is -2.39. The van der Waals surface area contributed by atoms with Gasteiger partial charge in [-0.3, -0.25) is 9.79 Å². The van der Waals surface area contributed by atoms with Crippen LogP contribution in [0.5, 0.6) is 0 Å². The zero-order valence-electron chi connectivity index (χ0n) is 17.5. The number of nitrogens with zero attached hydrogens (tertiary/aromatic N) is 2. The number of aliphatic imine (C=N–C) groups is 1. The maximum Gasteiger partial charge on any atom is 0.220 e. The maximum atomic E-state index is 12.2. The number of carbonyl (C=O) groups excluding carboxylic acids is 1. The average Bonchev–Trinajstić information content (AvgIpc) is 2.61. The molecule has 1 amide bonds. The molecule has 2 N–H and O–H groups in total. The van der Waals surface area contributed by atoms with Crippen molar-refractivity contribution >= 4 is 45.7 Å². The van der Waals surface area contributed by atoms with E-state index in [1.807, 2.05) is 11.8 Å². The molecule has 28 heavy (non-hydrogen) atoms. The molecule has 0 aromatic carbocycles. The van der Waals surface area contributed by atoms with Crippen LogP contribution in [0.15, 0.2) is 4.99 Å². The summed E-state index contributed by atoms with van der Waals surface area (Å²) in [6, 6.07) is 0. The Kier molecular flexibility index (Phi) is 10.5. The SMILES string of the molecule is CCNC(=NCCNC(=O)CC1CCCCC1)N1CCS(=O)(=O)C(C)(C)C1.I. The van der Waals surface area contributed by atoms with E-state index in [1.165, 1.54) is 32.1 Å². The predicted octanol–water partition coefficient (Wildman–Crippen LogP) is 2.17. The second-order valence-electron chi connectivity index (χ2n) is 8.29. The summed E-state index contributed by atoms with van der Waals surface area (Å²) in [5.74, 6) is 1.52. The number of hydrogen-bond donors (Lipinski definition) is 2. The first-order chi connectivity index (χ1) is 12.7. The molecule has 164 valence electrons. The summed E-state index contributed by atoms with van der Waals surface area (Å²) in [5, 5.41) is 6.21. The molecule has 2 rings (SSSR count). The van der Waals surface area contributed by atoms with Gasteiger partial charge in [0.15, 0.2) is 15.8 Å². The van der Waals surface area contributed by atoms with Gasteiger partial charge in [0.1, 0.15) is 0 Å². The van der Waals surface area contributed by atoms with E-state index in [4.69, 9.17) is 0 Å². The van der Waals surface area contributed by atoms with Gasteiger partial charge in [-0.25, -0.2) is 8.42 Å². The quantitative estimate of drug-likeness (QED) is 0.239. The Morgan fingerprint density at radius 2 is 1.86 bits per heavy atom. The second-order valence-corrected chi connectivity index (χ2v) is 11.0. The number of rotatable bonds is 6. The zero-order chi connectivity index (χ0) is 19.9. The summed E-state index contributed by atoms with van der Waals surface area (Å²) in [6.07, 6.45) is 6.76. The van der Waals surface area contributed by atoms with Crippen LogP contribution in [0.1, 0.15) is 59.3 Å².